The van der Waals surface area contributed by atoms with Gasteiger partial charge >= 0.3 is 0 Å². The number of rotatable bonds is 5. The van der Waals surface area contributed by atoms with E-state index >= 15 is 4.39 Å². The summed E-state index contributed by atoms with van der Waals surface area (Å²) in [6, 6.07) is 7.35. The van der Waals surface area contributed by atoms with Crippen molar-refractivity contribution < 1.29 is 13.5 Å². The average molecular weight is 597 g/mol. The molecule has 4 aliphatic heterocycles. The van der Waals surface area contributed by atoms with Gasteiger partial charge in [-0.25, -0.2) is 18.7 Å². The maximum atomic E-state index is 16.7. The Morgan fingerprint density at radius 3 is 2.59 bits per heavy atom. The number of halogens is 3. The minimum Gasteiger partial charge on any atom is -0.476 e. The third-order valence-electron chi connectivity index (χ3n) is 9.59. The molecular weight excluding hydrogens is 566 g/mol. The highest BCUT2D eigenvalue weighted by molar-refractivity contribution is 7.22. The van der Waals surface area contributed by atoms with E-state index in [4.69, 9.17) is 27.1 Å². The second-order valence-corrected chi connectivity index (χ2v) is 13.4. The molecule has 0 spiro atoms. The smallest absolute Gasteiger partial charge is 0.216 e. The molecule has 4 aliphatic rings. The summed E-state index contributed by atoms with van der Waals surface area (Å²) in [6.45, 7) is 4.39. The van der Waals surface area contributed by atoms with E-state index in [1.165, 1.54) is 25.0 Å². The summed E-state index contributed by atoms with van der Waals surface area (Å²) in [5.41, 5.74) is 7.85. The first-order chi connectivity index (χ1) is 19.9. The summed E-state index contributed by atoms with van der Waals surface area (Å²) in [5, 5.41) is 4.74. The fourth-order valence-corrected chi connectivity index (χ4v) is 8.75. The lowest BCUT2D eigenvalue weighted by atomic mass is 9.95. The molecule has 11 heteroatoms. The molecule has 4 saturated heterocycles. The molecule has 6 heterocycles. The van der Waals surface area contributed by atoms with Gasteiger partial charge < -0.3 is 20.7 Å². The van der Waals surface area contributed by atoms with Crippen molar-refractivity contribution in [1.29, 1.82) is 0 Å². The molecule has 4 aromatic rings. The summed E-state index contributed by atoms with van der Waals surface area (Å²) in [6.07, 6.45) is 6.82. The standard InChI is InChI=1S/C30H31ClF2N6OS/c31-20-11-19-22(38-13-16-3-4-17(14-38)35-16)12-23(40-15-30-7-1-9-39(30)10-2-8-30)36-26(19)25(33)24(20)18-5-6-21(32)28-27(18)37-29(34)41-28/h5-6,11-12,16-17,35H,1-4,7-10,13-15H2,(H2,34,37). The summed E-state index contributed by atoms with van der Waals surface area (Å²) in [5.74, 6) is -0.605. The lowest BCUT2D eigenvalue weighted by molar-refractivity contribution is 0.111. The largest absolute Gasteiger partial charge is 0.476 e. The number of hydrogen-bond donors (Lipinski definition) is 2. The Bertz CT molecular complexity index is 1680. The van der Waals surface area contributed by atoms with Crippen LogP contribution in [0.2, 0.25) is 5.02 Å². The summed E-state index contributed by atoms with van der Waals surface area (Å²) in [4.78, 5) is 13.9. The van der Waals surface area contributed by atoms with Crippen LogP contribution >= 0.6 is 22.9 Å². The van der Waals surface area contributed by atoms with Crippen molar-refractivity contribution in [3.63, 3.8) is 0 Å². The monoisotopic (exact) mass is 596 g/mol. The van der Waals surface area contributed by atoms with Crippen molar-refractivity contribution in [3.05, 3.63) is 40.9 Å². The van der Waals surface area contributed by atoms with Crippen molar-refractivity contribution in [1.82, 2.24) is 20.2 Å². The van der Waals surface area contributed by atoms with Gasteiger partial charge in [0, 0.05) is 47.8 Å². The van der Waals surface area contributed by atoms with Crippen LogP contribution in [0.4, 0.5) is 19.6 Å². The van der Waals surface area contributed by atoms with Crippen molar-refractivity contribution >= 4 is 54.9 Å². The molecular formula is C30H31ClF2N6OS. The predicted molar refractivity (Wildman–Crippen MR) is 160 cm³/mol. The normalized spacial score (nSPS) is 23.6. The third kappa shape index (κ3) is 4.17. The molecule has 3 N–H and O–H groups in total. The molecule has 214 valence electrons. The average Bonchev–Trinajstić information content (AvgIpc) is 3.72. The first-order valence-electron chi connectivity index (χ1n) is 14.4. The van der Waals surface area contributed by atoms with E-state index < -0.39 is 11.6 Å². The first-order valence-corrected chi connectivity index (χ1v) is 15.6. The first kappa shape index (κ1) is 25.9. The quantitative estimate of drug-likeness (QED) is 0.294. The molecule has 0 aliphatic carbocycles. The molecule has 0 amide bonds. The Labute approximate surface area is 245 Å². The zero-order valence-corrected chi connectivity index (χ0v) is 24.1. The van der Waals surface area contributed by atoms with E-state index in [2.05, 4.69) is 20.1 Å². The van der Waals surface area contributed by atoms with Gasteiger partial charge in [-0.2, -0.15) is 0 Å². The molecule has 0 saturated carbocycles. The number of anilines is 2. The van der Waals surface area contributed by atoms with Gasteiger partial charge in [0.15, 0.2) is 10.9 Å². The maximum Gasteiger partial charge on any atom is 0.216 e. The SMILES string of the molecule is Nc1nc2c(-c3c(Cl)cc4c(N5CC6CCC(C5)N6)cc(OCC56CCCN5CCC6)nc4c3F)ccc(F)c2s1. The molecule has 2 atom stereocenters. The Balaban J connectivity index is 1.27. The van der Waals surface area contributed by atoms with Crippen LogP contribution in [0.15, 0.2) is 24.3 Å². The minimum atomic E-state index is -0.571. The lowest BCUT2D eigenvalue weighted by Gasteiger charge is -2.35. The number of nitrogens with two attached hydrogens (primary N) is 1. The number of ether oxygens (including phenoxy) is 1. The molecule has 2 aromatic carbocycles. The van der Waals surface area contributed by atoms with Crippen molar-refractivity contribution in [2.75, 3.05) is 43.4 Å². The highest BCUT2D eigenvalue weighted by Crippen LogP contribution is 2.44. The number of hydrogen-bond acceptors (Lipinski definition) is 8. The van der Waals surface area contributed by atoms with E-state index in [0.717, 1.165) is 68.9 Å². The fraction of sp³-hybridized carbons (Fsp3) is 0.467. The van der Waals surface area contributed by atoms with Crippen molar-refractivity contribution in [2.45, 2.75) is 56.1 Å². The third-order valence-corrected chi connectivity index (χ3v) is 10.8. The number of thiazole rings is 1. The van der Waals surface area contributed by atoms with Crippen molar-refractivity contribution in [2.24, 2.45) is 0 Å². The van der Waals surface area contributed by atoms with Gasteiger partial charge in [0.25, 0.3) is 0 Å². The van der Waals surface area contributed by atoms with Crippen molar-refractivity contribution in [3.8, 4) is 17.0 Å². The van der Waals surface area contributed by atoms with E-state index in [-0.39, 0.29) is 31.5 Å². The Morgan fingerprint density at radius 2 is 1.83 bits per heavy atom. The van der Waals surface area contributed by atoms with Crippen LogP contribution in [-0.2, 0) is 0 Å². The number of nitrogens with one attached hydrogen (secondary N) is 1. The summed E-state index contributed by atoms with van der Waals surface area (Å²) >= 11 is 7.87. The number of nitrogens with zero attached hydrogens (tertiary/aromatic N) is 4. The maximum absolute atomic E-state index is 16.7. The number of pyridine rings is 1. The van der Waals surface area contributed by atoms with E-state index in [0.29, 0.717) is 41.0 Å². The van der Waals surface area contributed by atoms with Crippen LogP contribution in [0.5, 0.6) is 5.88 Å². The minimum absolute atomic E-state index is 0.0406. The Morgan fingerprint density at radius 1 is 1.07 bits per heavy atom. The van der Waals surface area contributed by atoms with Gasteiger partial charge in [-0.05, 0) is 69.8 Å². The topological polar surface area (TPSA) is 79.5 Å². The molecule has 2 bridgehead atoms. The van der Waals surface area contributed by atoms with Crippen LogP contribution in [0.25, 0.3) is 32.2 Å². The summed E-state index contributed by atoms with van der Waals surface area (Å²) in [7, 11) is 0. The van der Waals surface area contributed by atoms with Gasteiger partial charge in [-0.3, -0.25) is 4.90 Å². The Hall–Kier alpha value is -2.79. The number of aromatic nitrogens is 2. The molecule has 41 heavy (non-hydrogen) atoms. The van der Waals surface area contributed by atoms with Gasteiger partial charge in [-0.15, -0.1) is 0 Å². The van der Waals surface area contributed by atoms with Crippen LogP contribution in [0.1, 0.15) is 38.5 Å². The Kier molecular flexibility index (Phi) is 6.07. The van der Waals surface area contributed by atoms with Gasteiger partial charge in [0.1, 0.15) is 17.9 Å². The zero-order valence-electron chi connectivity index (χ0n) is 22.6. The molecule has 0 radical (unpaired) electrons. The van der Waals surface area contributed by atoms with Gasteiger partial charge in [0.2, 0.25) is 5.88 Å². The molecule has 8 rings (SSSR count). The number of nitrogen functional groups attached to an aromatic ring is 1. The van der Waals surface area contributed by atoms with Gasteiger partial charge in [-0.1, -0.05) is 22.9 Å². The molecule has 7 nitrogen and oxygen atoms in total. The van der Waals surface area contributed by atoms with Crippen LogP contribution in [0.3, 0.4) is 0 Å². The molecule has 2 aromatic heterocycles. The second kappa shape index (κ2) is 9.62. The summed E-state index contributed by atoms with van der Waals surface area (Å²) < 4.78 is 38.0. The number of benzene rings is 2. The van der Waals surface area contributed by atoms with E-state index in [9.17, 15) is 4.39 Å². The number of piperazine rings is 1. The van der Waals surface area contributed by atoms with Crippen LogP contribution < -0.4 is 20.7 Å². The van der Waals surface area contributed by atoms with Gasteiger partial charge in [0.05, 0.1) is 26.5 Å². The number of fused-ring (bicyclic) bond motifs is 5. The molecule has 4 fully saturated rings. The van der Waals surface area contributed by atoms with Crippen LogP contribution in [0, 0.1) is 11.6 Å². The lowest BCUT2D eigenvalue weighted by Crippen LogP contribution is -2.51. The van der Waals surface area contributed by atoms with E-state index in [1.807, 2.05) is 6.07 Å². The predicted octanol–water partition coefficient (Wildman–Crippen LogP) is 5.97. The zero-order chi connectivity index (χ0) is 27.9. The van der Waals surface area contributed by atoms with E-state index in [1.54, 1.807) is 6.07 Å². The fourth-order valence-electron chi connectivity index (χ4n) is 7.69. The van der Waals surface area contributed by atoms with Crippen LogP contribution in [-0.4, -0.2) is 65.3 Å². The highest BCUT2D eigenvalue weighted by Gasteiger charge is 2.45. The second-order valence-electron chi connectivity index (χ2n) is 12.0. The highest BCUT2D eigenvalue weighted by atomic mass is 35.5. The molecule has 2 unspecified atom stereocenters.